The van der Waals surface area contributed by atoms with Crippen LogP contribution in [0.5, 0.6) is 5.75 Å². The van der Waals surface area contributed by atoms with Gasteiger partial charge in [0.25, 0.3) is 0 Å². The van der Waals surface area contributed by atoms with E-state index in [-0.39, 0.29) is 33.9 Å². The summed E-state index contributed by atoms with van der Waals surface area (Å²) >= 11 is 0. The standard InChI is InChI=1S/C16H14N2O6S/c1-3-23-16(20)14-15(19)12-11(8-17-14)24-18-13(12)9-4-6-10(7-5-9)25(2,21)22/h4-8,19H,3H2,1-2H3. The molecule has 0 saturated heterocycles. The van der Waals surface area contributed by atoms with Crippen LogP contribution in [0.15, 0.2) is 39.9 Å². The van der Waals surface area contributed by atoms with E-state index in [4.69, 9.17) is 9.26 Å². The lowest BCUT2D eigenvalue weighted by Crippen LogP contribution is -2.07. The first-order valence-corrected chi connectivity index (χ1v) is 9.17. The minimum absolute atomic E-state index is 0.140. The van der Waals surface area contributed by atoms with E-state index in [1.165, 1.54) is 30.5 Å². The van der Waals surface area contributed by atoms with Crippen LogP contribution in [0.2, 0.25) is 0 Å². The fraction of sp³-hybridized carbons (Fsp3) is 0.188. The Morgan fingerprint density at radius 3 is 2.56 bits per heavy atom. The van der Waals surface area contributed by atoms with Crippen LogP contribution in [0.25, 0.3) is 22.2 Å². The first-order chi connectivity index (χ1) is 11.8. The lowest BCUT2D eigenvalue weighted by Gasteiger charge is -2.05. The number of ether oxygens (including phenoxy) is 1. The summed E-state index contributed by atoms with van der Waals surface area (Å²) in [5.41, 5.74) is 0.724. The Kier molecular flexibility index (Phi) is 4.17. The molecule has 1 N–H and O–H groups in total. The second-order valence-electron chi connectivity index (χ2n) is 5.24. The van der Waals surface area contributed by atoms with Crippen molar-refractivity contribution < 1.29 is 27.6 Å². The number of pyridine rings is 1. The molecule has 9 heteroatoms. The molecule has 2 heterocycles. The van der Waals surface area contributed by atoms with Crippen LogP contribution in [0.3, 0.4) is 0 Å². The van der Waals surface area contributed by atoms with Crippen molar-refractivity contribution in [2.75, 3.05) is 12.9 Å². The number of fused-ring (bicyclic) bond motifs is 1. The Morgan fingerprint density at radius 2 is 1.96 bits per heavy atom. The van der Waals surface area contributed by atoms with Gasteiger partial charge < -0.3 is 14.4 Å². The number of nitrogens with zero attached hydrogens (tertiary/aromatic N) is 2. The number of benzene rings is 1. The normalized spacial score (nSPS) is 11.6. The number of sulfone groups is 1. The van der Waals surface area contributed by atoms with Crippen molar-refractivity contribution in [2.45, 2.75) is 11.8 Å². The SMILES string of the molecule is CCOC(=O)c1ncc2onc(-c3ccc(S(C)(=O)=O)cc3)c2c1O. The van der Waals surface area contributed by atoms with Gasteiger partial charge in [0.1, 0.15) is 5.69 Å². The molecule has 0 aliphatic carbocycles. The average molecular weight is 362 g/mol. The molecule has 3 aromatic rings. The van der Waals surface area contributed by atoms with Crippen LogP contribution in [0.1, 0.15) is 17.4 Å². The third-order valence-electron chi connectivity index (χ3n) is 3.52. The molecule has 0 radical (unpaired) electrons. The highest BCUT2D eigenvalue weighted by Crippen LogP contribution is 2.36. The molecule has 130 valence electrons. The fourth-order valence-electron chi connectivity index (χ4n) is 2.33. The van der Waals surface area contributed by atoms with E-state index >= 15 is 0 Å². The predicted molar refractivity (Wildman–Crippen MR) is 88.0 cm³/mol. The maximum Gasteiger partial charge on any atom is 0.360 e. The van der Waals surface area contributed by atoms with Crippen molar-refractivity contribution in [1.82, 2.24) is 10.1 Å². The minimum atomic E-state index is -3.33. The molecule has 1 aromatic carbocycles. The monoisotopic (exact) mass is 362 g/mol. The van der Waals surface area contributed by atoms with Crippen molar-refractivity contribution >= 4 is 26.8 Å². The lowest BCUT2D eigenvalue weighted by atomic mass is 10.1. The molecule has 0 aliphatic rings. The first kappa shape index (κ1) is 16.9. The van der Waals surface area contributed by atoms with Crippen molar-refractivity contribution in [3.63, 3.8) is 0 Å². The fourth-order valence-corrected chi connectivity index (χ4v) is 2.96. The predicted octanol–water partition coefficient (Wildman–Crippen LogP) is 2.18. The molecule has 3 rings (SSSR count). The molecular formula is C16H14N2O6S. The molecule has 0 atom stereocenters. The Hall–Kier alpha value is -2.94. The summed E-state index contributed by atoms with van der Waals surface area (Å²) in [5, 5.41) is 14.5. The zero-order chi connectivity index (χ0) is 18.2. The first-order valence-electron chi connectivity index (χ1n) is 7.28. The molecular weight excluding hydrogens is 348 g/mol. The van der Waals surface area contributed by atoms with E-state index in [9.17, 15) is 18.3 Å². The van der Waals surface area contributed by atoms with Gasteiger partial charge in [0, 0.05) is 11.8 Å². The number of carbonyl (C=O) groups excluding carboxylic acids is 1. The van der Waals surface area contributed by atoms with Gasteiger partial charge in [0.15, 0.2) is 26.9 Å². The van der Waals surface area contributed by atoms with Gasteiger partial charge >= 0.3 is 5.97 Å². The van der Waals surface area contributed by atoms with Gasteiger partial charge in [-0.3, -0.25) is 0 Å². The summed E-state index contributed by atoms with van der Waals surface area (Å²) in [5.74, 6) is -1.17. The second kappa shape index (κ2) is 6.17. The molecule has 0 amide bonds. The molecule has 8 nitrogen and oxygen atoms in total. The number of esters is 1. The van der Waals surface area contributed by atoms with Gasteiger partial charge in [-0.15, -0.1) is 0 Å². The van der Waals surface area contributed by atoms with E-state index < -0.39 is 21.6 Å². The molecule has 2 aromatic heterocycles. The molecule has 0 bridgehead atoms. The summed E-state index contributed by atoms with van der Waals surface area (Å²) in [4.78, 5) is 15.9. The van der Waals surface area contributed by atoms with E-state index in [1.807, 2.05) is 0 Å². The van der Waals surface area contributed by atoms with E-state index in [2.05, 4.69) is 10.1 Å². The Bertz CT molecular complexity index is 1050. The van der Waals surface area contributed by atoms with Crippen LogP contribution >= 0.6 is 0 Å². The number of aromatic nitrogens is 2. The van der Waals surface area contributed by atoms with Crippen molar-refractivity contribution in [3.05, 3.63) is 36.2 Å². The molecule has 0 unspecified atom stereocenters. The quantitative estimate of drug-likeness (QED) is 0.701. The Morgan fingerprint density at radius 1 is 1.28 bits per heavy atom. The van der Waals surface area contributed by atoms with E-state index in [1.54, 1.807) is 6.92 Å². The minimum Gasteiger partial charge on any atom is -0.505 e. The topological polar surface area (TPSA) is 120 Å². The second-order valence-corrected chi connectivity index (χ2v) is 7.26. The maximum absolute atomic E-state index is 11.9. The molecule has 0 saturated carbocycles. The zero-order valence-electron chi connectivity index (χ0n) is 13.4. The Labute approximate surface area is 143 Å². The molecule has 0 spiro atoms. The smallest absolute Gasteiger partial charge is 0.360 e. The van der Waals surface area contributed by atoms with Gasteiger partial charge in [0.2, 0.25) is 0 Å². The number of rotatable bonds is 4. The average Bonchev–Trinajstić information content (AvgIpc) is 2.99. The summed E-state index contributed by atoms with van der Waals surface area (Å²) in [7, 11) is -3.33. The number of carbonyl (C=O) groups is 1. The van der Waals surface area contributed by atoms with E-state index in [0.717, 1.165) is 6.26 Å². The molecule has 0 aliphatic heterocycles. The van der Waals surface area contributed by atoms with Crippen molar-refractivity contribution in [3.8, 4) is 17.0 Å². The van der Waals surface area contributed by atoms with Crippen LogP contribution in [0.4, 0.5) is 0 Å². The summed E-state index contributed by atoms with van der Waals surface area (Å²) in [6.07, 6.45) is 2.37. The van der Waals surface area contributed by atoms with Gasteiger partial charge in [-0.05, 0) is 19.1 Å². The number of hydrogen-bond donors (Lipinski definition) is 1. The molecule has 0 fully saturated rings. The van der Waals surface area contributed by atoms with Crippen molar-refractivity contribution in [1.29, 1.82) is 0 Å². The van der Waals surface area contributed by atoms with Crippen molar-refractivity contribution in [2.24, 2.45) is 0 Å². The number of hydrogen-bond acceptors (Lipinski definition) is 8. The van der Waals surface area contributed by atoms with Crippen LogP contribution in [-0.4, -0.2) is 42.5 Å². The summed E-state index contributed by atoms with van der Waals surface area (Å²) in [6.45, 7) is 1.78. The highest BCUT2D eigenvalue weighted by molar-refractivity contribution is 7.90. The zero-order valence-corrected chi connectivity index (χ0v) is 14.2. The van der Waals surface area contributed by atoms with Crippen LogP contribution < -0.4 is 0 Å². The van der Waals surface area contributed by atoms with Gasteiger partial charge in [0.05, 0.1) is 23.1 Å². The van der Waals surface area contributed by atoms with Gasteiger partial charge in [-0.2, -0.15) is 0 Å². The Balaban J connectivity index is 2.14. The van der Waals surface area contributed by atoms with E-state index in [0.29, 0.717) is 5.56 Å². The number of aromatic hydroxyl groups is 1. The largest absolute Gasteiger partial charge is 0.505 e. The summed E-state index contributed by atoms with van der Waals surface area (Å²) in [6, 6.07) is 5.93. The summed E-state index contributed by atoms with van der Waals surface area (Å²) < 4.78 is 33.1. The molecule has 25 heavy (non-hydrogen) atoms. The third-order valence-corrected chi connectivity index (χ3v) is 4.64. The third kappa shape index (κ3) is 3.05. The highest BCUT2D eigenvalue weighted by atomic mass is 32.2. The van der Waals surface area contributed by atoms with Gasteiger partial charge in [-0.1, -0.05) is 17.3 Å². The lowest BCUT2D eigenvalue weighted by molar-refractivity contribution is 0.0516. The van der Waals surface area contributed by atoms with Crippen LogP contribution in [0, 0.1) is 0 Å². The highest BCUT2D eigenvalue weighted by Gasteiger charge is 2.23. The van der Waals surface area contributed by atoms with Gasteiger partial charge in [-0.25, -0.2) is 18.2 Å². The maximum atomic E-state index is 11.9. The van der Waals surface area contributed by atoms with Crippen LogP contribution in [-0.2, 0) is 14.6 Å².